The fourth-order valence-corrected chi connectivity index (χ4v) is 4.83. The molecule has 164 valence electrons. The Kier molecular flexibility index (Phi) is 5.60. The summed E-state index contributed by atoms with van der Waals surface area (Å²) in [6.45, 7) is 4.41. The van der Waals surface area contributed by atoms with Crippen LogP contribution in [0.3, 0.4) is 0 Å². The molecule has 0 spiro atoms. The number of benzene rings is 2. The first-order chi connectivity index (χ1) is 15.6. The molecule has 6 heteroatoms. The van der Waals surface area contributed by atoms with E-state index in [-0.39, 0.29) is 17.6 Å². The maximum Gasteiger partial charge on any atom is 0.231 e. The van der Waals surface area contributed by atoms with Crippen LogP contribution >= 0.6 is 0 Å². The van der Waals surface area contributed by atoms with Gasteiger partial charge in [0, 0.05) is 30.9 Å². The van der Waals surface area contributed by atoms with Crippen LogP contribution in [0.5, 0.6) is 0 Å². The number of fused-ring (bicyclic) bond motifs is 1. The zero-order valence-electron chi connectivity index (χ0n) is 18.3. The summed E-state index contributed by atoms with van der Waals surface area (Å²) in [6, 6.07) is 16.5. The van der Waals surface area contributed by atoms with Crippen molar-refractivity contribution in [2.75, 3.05) is 29.4 Å². The minimum atomic E-state index is -0.270. The van der Waals surface area contributed by atoms with E-state index in [4.69, 9.17) is 0 Å². The van der Waals surface area contributed by atoms with Gasteiger partial charge < -0.3 is 9.80 Å². The highest BCUT2D eigenvalue weighted by molar-refractivity contribution is 5.96. The van der Waals surface area contributed by atoms with E-state index in [9.17, 15) is 9.18 Å². The summed E-state index contributed by atoms with van der Waals surface area (Å²) in [5.74, 6) is 0.682. The highest BCUT2D eigenvalue weighted by Gasteiger charge is 2.32. The second-order valence-electron chi connectivity index (χ2n) is 8.79. The molecule has 0 aliphatic carbocycles. The lowest BCUT2D eigenvalue weighted by Gasteiger charge is -2.37. The molecule has 1 aromatic heterocycles. The fourth-order valence-electron chi connectivity index (χ4n) is 4.83. The first kappa shape index (κ1) is 20.6. The molecular formula is C26H27FN4O. The van der Waals surface area contributed by atoms with Gasteiger partial charge in [0.2, 0.25) is 5.91 Å². The second kappa shape index (κ2) is 8.69. The number of amides is 1. The van der Waals surface area contributed by atoms with Gasteiger partial charge >= 0.3 is 0 Å². The highest BCUT2D eigenvalue weighted by Crippen LogP contribution is 2.31. The van der Waals surface area contributed by atoms with Crippen molar-refractivity contribution in [3.63, 3.8) is 0 Å². The number of carbonyl (C=O) groups is 1. The molecule has 3 aromatic rings. The van der Waals surface area contributed by atoms with Crippen molar-refractivity contribution in [3.8, 4) is 11.3 Å². The van der Waals surface area contributed by atoms with Crippen LogP contribution in [0.2, 0.25) is 0 Å². The molecule has 0 saturated carbocycles. The van der Waals surface area contributed by atoms with Crippen molar-refractivity contribution in [2.24, 2.45) is 5.92 Å². The number of piperidine rings is 1. The van der Waals surface area contributed by atoms with Crippen LogP contribution in [0.15, 0.2) is 54.6 Å². The van der Waals surface area contributed by atoms with Gasteiger partial charge in [-0.2, -0.15) is 0 Å². The van der Waals surface area contributed by atoms with Crippen molar-refractivity contribution in [2.45, 2.75) is 32.6 Å². The topological polar surface area (TPSA) is 49.3 Å². The minimum absolute atomic E-state index is 0.0467. The lowest BCUT2D eigenvalue weighted by molar-refractivity contribution is -0.122. The molecule has 1 amide bonds. The zero-order chi connectivity index (χ0) is 22.1. The van der Waals surface area contributed by atoms with Crippen LogP contribution in [0.1, 0.15) is 30.4 Å². The molecule has 2 aromatic carbocycles. The number of nitrogens with zero attached hydrogens (tertiary/aromatic N) is 4. The van der Waals surface area contributed by atoms with Crippen molar-refractivity contribution in [3.05, 3.63) is 71.5 Å². The molecule has 3 heterocycles. The quantitative estimate of drug-likeness (QED) is 0.600. The Morgan fingerprint density at radius 3 is 2.62 bits per heavy atom. The Labute approximate surface area is 187 Å². The van der Waals surface area contributed by atoms with Crippen molar-refractivity contribution in [1.82, 2.24) is 10.2 Å². The van der Waals surface area contributed by atoms with Crippen LogP contribution in [-0.2, 0) is 11.2 Å². The molecule has 2 aliphatic heterocycles. The van der Waals surface area contributed by atoms with Gasteiger partial charge in [0.25, 0.3) is 0 Å². The molecule has 0 radical (unpaired) electrons. The van der Waals surface area contributed by atoms with Crippen molar-refractivity contribution < 1.29 is 9.18 Å². The molecule has 5 rings (SSSR count). The average molecular weight is 431 g/mol. The number of carbonyl (C=O) groups excluding carboxylic acids is 1. The number of hydrogen-bond donors (Lipinski definition) is 0. The van der Waals surface area contributed by atoms with Gasteiger partial charge in [-0.1, -0.05) is 17.7 Å². The summed E-state index contributed by atoms with van der Waals surface area (Å²) in [5.41, 5.74) is 5.13. The third kappa shape index (κ3) is 4.09. The summed E-state index contributed by atoms with van der Waals surface area (Å²) < 4.78 is 13.2. The van der Waals surface area contributed by atoms with Crippen LogP contribution in [-0.4, -0.2) is 35.7 Å². The van der Waals surface area contributed by atoms with E-state index in [1.54, 1.807) is 12.1 Å². The number of hydrogen-bond acceptors (Lipinski definition) is 4. The maximum atomic E-state index is 13.5. The Bertz CT molecular complexity index is 1110. The van der Waals surface area contributed by atoms with Gasteiger partial charge in [0.15, 0.2) is 5.82 Å². The minimum Gasteiger partial charge on any atom is -0.354 e. The van der Waals surface area contributed by atoms with Gasteiger partial charge in [0.1, 0.15) is 5.82 Å². The maximum absolute atomic E-state index is 13.5. The summed E-state index contributed by atoms with van der Waals surface area (Å²) in [4.78, 5) is 17.6. The van der Waals surface area contributed by atoms with Crippen LogP contribution in [0.4, 0.5) is 15.9 Å². The van der Waals surface area contributed by atoms with Gasteiger partial charge in [-0.3, -0.25) is 4.79 Å². The lowest BCUT2D eigenvalue weighted by Crippen LogP contribution is -2.46. The standard InChI is InChI=1S/C26H27FN4O/c1-18-6-12-24-20(16-18)4-3-15-31(24)26(32)21-5-2-14-30(17-21)25-13-11-23(28-29-25)19-7-9-22(27)10-8-19/h6-13,16,21H,2-5,14-15,17H2,1H3. The molecule has 1 saturated heterocycles. The molecule has 1 atom stereocenters. The third-order valence-corrected chi connectivity index (χ3v) is 6.50. The largest absolute Gasteiger partial charge is 0.354 e. The highest BCUT2D eigenvalue weighted by atomic mass is 19.1. The zero-order valence-corrected chi connectivity index (χ0v) is 18.3. The number of anilines is 2. The Morgan fingerprint density at radius 2 is 1.84 bits per heavy atom. The Hall–Kier alpha value is -3.28. The van der Waals surface area contributed by atoms with Gasteiger partial charge in [-0.05, 0) is 80.6 Å². The molecular weight excluding hydrogens is 403 g/mol. The SMILES string of the molecule is Cc1ccc2c(c1)CCCN2C(=O)C1CCCN(c2ccc(-c3ccc(F)cc3)nn2)C1. The molecule has 1 unspecified atom stereocenters. The molecule has 0 N–H and O–H groups in total. The Morgan fingerprint density at radius 1 is 1.00 bits per heavy atom. The van der Waals surface area contributed by atoms with Crippen LogP contribution in [0.25, 0.3) is 11.3 Å². The molecule has 32 heavy (non-hydrogen) atoms. The summed E-state index contributed by atoms with van der Waals surface area (Å²) in [5, 5.41) is 8.75. The number of rotatable bonds is 3. The van der Waals surface area contributed by atoms with Gasteiger partial charge in [-0.15, -0.1) is 10.2 Å². The molecule has 5 nitrogen and oxygen atoms in total. The monoisotopic (exact) mass is 430 g/mol. The average Bonchev–Trinajstić information content (AvgIpc) is 2.84. The van der Waals surface area contributed by atoms with E-state index in [0.29, 0.717) is 12.2 Å². The number of aryl methyl sites for hydroxylation is 2. The smallest absolute Gasteiger partial charge is 0.231 e. The van der Waals surface area contributed by atoms with E-state index in [0.717, 1.165) is 55.8 Å². The van der Waals surface area contributed by atoms with E-state index >= 15 is 0 Å². The lowest BCUT2D eigenvalue weighted by atomic mass is 9.93. The van der Waals surface area contributed by atoms with Gasteiger partial charge in [-0.25, -0.2) is 4.39 Å². The van der Waals surface area contributed by atoms with E-state index < -0.39 is 0 Å². The number of aromatic nitrogens is 2. The second-order valence-corrected chi connectivity index (χ2v) is 8.79. The fraction of sp³-hybridized carbons (Fsp3) is 0.346. The molecule has 1 fully saturated rings. The predicted octanol–water partition coefficient (Wildman–Crippen LogP) is 4.79. The van der Waals surface area contributed by atoms with Crippen LogP contribution < -0.4 is 9.80 Å². The molecule has 2 aliphatic rings. The predicted molar refractivity (Wildman–Crippen MR) is 124 cm³/mol. The van der Waals surface area contributed by atoms with Crippen molar-refractivity contribution in [1.29, 1.82) is 0 Å². The first-order valence-corrected chi connectivity index (χ1v) is 11.3. The van der Waals surface area contributed by atoms with Gasteiger partial charge in [0.05, 0.1) is 11.6 Å². The normalized spacial score (nSPS) is 18.4. The van der Waals surface area contributed by atoms with E-state index in [1.165, 1.54) is 23.3 Å². The summed E-state index contributed by atoms with van der Waals surface area (Å²) >= 11 is 0. The first-order valence-electron chi connectivity index (χ1n) is 11.3. The van der Waals surface area contributed by atoms with Crippen LogP contribution in [0, 0.1) is 18.7 Å². The van der Waals surface area contributed by atoms with E-state index in [2.05, 4.69) is 40.2 Å². The third-order valence-electron chi connectivity index (χ3n) is 6.50. The Balaban J connectivity index is 1.31. The number of halogens is 1. The van der Waals surface area contributed by atoms with Crippen molar-refractivity contribution >= 4 is 17.4 Å². The summed E-state index contributed by atoms with van der Waals surface area (Å²) in [6.07, 6.45) is 3.89. The molecule has 0 bridgehead atoms. The van der Waals surface area contributed by atoms with E-state index in [1.807, 2.05) is 17.0 Å². The summed E-state index contributed by atoms with van der Waals surface area (Å²) in [7, 11) is 0.